The standard InChI is InChI=1S/C28H30N4O5/c33-19-32(26(15-28(36)37)22-7-4-9-29-17-22)23-8-10-31(18-23)24-11-21(12-25(34)14-24)13-27(35)30-16-20-5-2-1-3-6-20/h1-7,9,11-12,17,19,23,26H,8,10,13-16,18H2,(H,30,35)(H,36,37). The molecule has 1 aromatic heterocycles. The van der Waals surface area contributed by atoms with Crippen molar-refractivity contribution in [2.75, 3.05) is 13.1 Å². The van der Waals surface area contributed by atoms with Crippen molar-refractivity contribution in [2.45, 2.75) is 44.3 Å². The molecule has 1 aromatic carbocycles. The van der Waals surface area contributed by atoms with E-state index in [0.29, 0.717) is 43.6 Å². The van der Waals surface area contributed by atoms with Gasteiger partial charge >= 0.3 is 5.97 Å². The van der Waals surface area contributed by atoms with Crippen LogP contribution in [-0.2, 0) is 25.7 Å². The van der Waals surface area contributed by atoms with Gasteiger partial charge in [-0.1, -0.05) is 36.4 Å². The minimum atomic E-state index is -1.00. The summed E-state index contributed by atoms with van der Waals surface area (Å²) >= 11 is 0. The molecule has 2 N–H and O–H groups in total. The number of aliphatic carboxylic acids is 1. The fourth-order valence-electron chi connectivity index (χ4n) is 4.89. The predicted molar refractivity (Wildman–Crippen MR) is 136 cm³/mol. The maximum Gasteiger partial charge on any atom is 0.305 e. The molecular weight excluding hydrogens is 472 g/mol. The number of carbonyl (C=O) groups is 4. The third kappa shape index (κ3) is 6.91. The van der Waals surface area contributed by atoms with Crippen molar-refractivity contribution in [3.05, 3.63) is 89.4 Å². The highest BCUT2D eigenvalue weighted by Crippen LogP contribution is 2.31. The first-order chi connectivity index (χ1) is 17.9. The summed E-state index contributed by atoms with van der Waals surface area (Å²) in [5.41, 5.74) is 3.11. The van der Waals surface area contributed by atoms with E-state index in [1.165, 1.54) is 6.08 Å². The van der Waals surface area contributed by atoms with E-state index in [1.807, 2.05) is 36.4 Å². The van der Waals surface area contributed by atoms with Crippen molar-refractivity contribution in [3.63, 3.8) is 0 Å². The van der Waals surface area contributed by atoms with Crippen LogP contribution >= 0.6 is 0 Å². The van der Waals surface area contributed by atoms with Crippen LogP contribution in [0.5, 0.6) is 0 Å². The molecule has 0 radical (unpaired) electrons. The lowest BCUT2D eigenvalue weighted by molar-refractivity contribution is -0.139. The molecule has 9 heteroatoms. The highest BCUT2D eigenvalue weighted by Gasteiger charge is 2.34. The molecule has 0 saturated carbocycles. The Labute approximate surface area is 215 Å². The molecule has 0 bridgehead atoms. The molecule has 1 fully saturated rings. The van der Waals surface area contributed by atoms with Gasteiger partial charge < -0.3 is 20.2 Å². The lowest BCUT2D eigenvalue weighted by Crippen LogP contribution is -2.40. The van der Waals surface area contributed by atoms with Gasteiger partial charge in [0.1, 0.15) is 0 Å². The number of allylic oxidation sites excluding steroid dienone is 3. The molecule has 2 aliphatic rings. The molecule has 2 heterocycles. The van der Waals surface area contributed by atoms with E-state index in [2.05, 4.69) is 15.2 Å². The number of pyridine rings is 1. The van der Waals surface area contributed by atoms with Crippen LogP contribution in [0.15, 0.2) is 78.3 Å². The summed E-state index contributed by atoms with van der Waals surface area (Å²) in [6, 6.07) is 12.2. The summed E-state index contributed by atoms with van der Waals surface area (Å²) in [7, 11) is 0. The van der Waals surface area contributed by atoms with Gasteiger partial charge in [-0.05, 0) is 41.3 Å². The Morgan fingerprint density at radius 3 is 2.70 bits per heavy atom. The zero-order valence-corrected chi connectivity index (χ0v) is 20.5. The van der Waals surface area contributed by atoms with Crippen LogP contribution in [0.2, 0.25) is 0 Å². The maximum absolute atomic E-state index is 12.5. The number of hydrogen-bond donors (Lipinski definition) is 2. The van der Waals surface area contributed by atoms with Crippen LogP contribution in [0.25, 0.3) is 0 Å². The van der Waals surface area contributed by atoms with Gasteiger partial charge in [0.25, 0.3) is 0 Å². The van der Waals surface area contributed by atoms with Crippen molar-refractivity contribution >= 4 is 24.1 Å². The first-order valence-corrected chi connectivity index (χ1v) is 12.3. The highest BCUT2D eigenvalue weighted by atomic mass is 16.4. The summed E-state index contributed by atoms with van der Waals surface area (Å²) in [5.74, 6) is -1.24. The van der Waals surface area contributed by atoms with Crippen LogP contribution in [0.1, 0.15) is 42.9 Å². The summed E-state index contributed by atoms with van der Waals surface area (Å²) in [5, 5.41) is 12.3. The average molecular weight is 503 g/mol. The van der Waals surface area contributed by atoms with Gasteiger partial charge in [-0.25, -0.2) is 0 Å². The second-order valence-corrected chi connectivity index (χ2v) is 9.28. The number of carbonyl (C=O) groups excluding carboxylic acids is 3. The number of ketones is 1. The van der Waals surface area contributed by atoms with E-state index in [-0.39, 0.29) is 37.0 Å². The van der Waals surface area contributed by atoms with Crippen molar-refractivity contribution in [1.82, 2.24) is 20.1 Å². The van der Waals surface area contributed by atoms with Crippen LogP contribution in [0, 0.1) is 0 Å². The smallest absolute Gasteiger partial charge is 0.305 e. The molecule has 1 saturated heterocycles. The molecule has 2 unspecified atom stereocenters. The Morgan fingerprint density at radius 2 is 2.00 bits per heavy atom. The Balaban J connectivity index is 1.41. The Kier molecular flexibility index (Phi) is 8.45. The summed E-state index contributed by atoms with van der Waals surface area (Å²) < 4.78 is 0. The Morgan fingerprint density at radius 1 is 1.19 bits per heavy atom. The van der Waals surface area contributed by atoms with E-state index in [1.54, 1.807) is 29.4 Å². The van der Waals surface area contributed by atoms with Crippen molar-refractivity contribution < 1.29 is 24.3 Å². The maximum atomic E-state index is 12.5. The molecule has 0 spiro atoms. The van der Waals surface area contributed by atoms with E-state index in [0.717, 1.165) is 11.3 Å². The second-order valence-electron chi connectivity index (χ2n) is 9.28. The third-order valence-electron chi connectivity index (χ3n) is 6.66. The van der Waals surface area contributed by atoms with E-state index in [4.69, 9.17) is 0 Å². The van der Waals surface area contributed by atoms with Gasteiger partial charge in [-0.2, -0.15) is 0 Å². The zero-order valence-electron chi connectivity index (χ0n) is 20.5. The molecule has 2 amide bonds. The monoisotopic (exact) mass is 502 g/mol. The first-order valence-electron chi connectivity index (χ1n) is 12.3. The molecule has 1 aliphatic heterocycles. The minimum Gasteiger partial charge on any atom is -0.481 e. The van der Waals surface area contributed by atoms with Gasteiger partial charge in [0.15, 0.2) is 5.78 Å². The number of carboxylic acids is 1. The first kappa shape index (κ1) is 25.8. The molecular formula is C28H30N4O5. The highest BCUT2D eigenvalue weighted by molar-refractivity contribution is 5.95. The number of nitrogens with one attached hydrogen (secondary N) is 1. The number of carboxylic acid groups (broad SMARTS) is 1. The second kappa shape index (κ2) is 12.1. The SMILES string of the molecule is O=CN(C1CCN(C2=CC(CC(=O)NCc3ccccc3)=CC(=O)C2)C1)C(CC(=O)O)c1cccnc1. The van der Waals surface area contributed by atoms with Gasteiger partial charge in [-0.3, -0.25) is 24.2 Å². The third-order valence-corrected chi connectivity index (χ3v) is 6.66. The van der Waals surface area contributed by atoms with Crippen molar-refractivity contribution in [2.24, 2.45) is 0 Å². The summed E-state index contributed by atoms with van der Waals surface area (Å²) in [6.45, 7) is 1.51. The lowest BCUT2D eigenvalue weighted by Gasteiger charge is -2.33. The quantitative estimate of drug-likeness (QED) is 0.453. The molecule has 1 aliphatic carbocycles. The molecule has 192 valence electrons. The lowest BCUT2D eigenvalue weighted by atomic mass is 9.99. The fourth-order valence-corrected chi connectivity index (χ4v) is 4.89. The summed E-state index contributed by atoms with van der Waals surface area (Å²) in [6.07, 6.45) is 8.02. The largest absolute Gasteiger partial charge is 0.481 e. The van der Waals surface area contributed by atoms with Gasteiger partial charge in [0, 0.05) is 37.7 Å². The minimum absolute atomic E-state index is 0.0711. The number of likely N-dealkylation sites (tertiary alicyclic amines) is 1. The van der Waals surface area contributed by atoms with Crippen LogP contribution < -0.4 is 5.32 Å². The van der Waals surface area contributed by atoms with Crippen molar-refractivity contribution in [3.8, 4) is 0 Å². The Hall–Kier alpha value is -4.27. The van der Waals surface area contributed by atoms with E-state index < -0.39 is 12.0 Å². The predicted octanol–water partition coefficient (Wildman–Crippen LogP) is 2.62. The number of amides is 2. The number of nitrogens with zero attached hydrogens (tertiary/aromatic N) is 3. The number of hydrogen-bond acceptors (Lipinski definition) is 6. The van der Waals surface area contributed by atoms with Crippen LogP contribution in [0.3, 0.4) is 0 Å². The number of benzene rings is 1. The average Bonchev–Trinajstić information content (AvgIpc) is 3.38. The van der Waals surface area contributed by atoms with Crippen LogP contribution in [0.4, 0.5) is 0 Å². The molecule has 9 nitrogen and oxygen atoms in total. The topological polar surface area (TPSA) is 120 Å². The molecule has 37 heavy (non-hydrogen) atoms. The van der Waals surface area contributed by atoms with Gasteiger partial charge in [0.05, 0.1) is 31.3 Å². The molecule has 4 rings (SSSR count). The van der Waals surface area contributed by atoms with E-state index >= 15 is 0 Å². The summed E-state index contributed by atoms with van der Waals surface area (Å²) in [4.78, 5) is 56.4. The van der Waals surface area contributed by atoms with Crippen LogP contribution in [-0.4, -0.2) is 63.1 Å². The number of aromatic nitrogens is 1. The number of rotatable bonds is 11. The normalized spacial score (nSPS) is 18.0. The van der Waals surface area contributed by atoms with Crippen molar-refractivity contribution in [1.29, 1.82) is 0 Å². The van der Waals surface area contributed by atoms with Gasteiger partial charge in [-0.15, -0.1) is 0 Å². The zero-order chi connectivity index (χ0) is 26.2. The van der Waals surface area contributed by atoms with Gasteiger partial charge in [0.2, 0.25) is 12.3 Å². The Bertz CT molecular complexity index is 1200. The van der Waals surface area contributed by atoms with E-state index in [9.17, 15) is 24.3 Å². The molecule has 2 aromatic rings. The molecule has 2 atom stereocenters. The fraction of sp³-hybridized carbons (Fsp3) is 0.321.